The molecule has 19 heavy (non-hydrogen) atoms. The molecule has 1 aromatic carbocycles. The van der Waals surface area contributed by atoms with Crippen LogP contribution in [0.15, 0.2) is 36.9 Å². The van der Waals surface area contributed by atoms with Gasteiger partial charge >= 0.3 is 0 Å². The highest BCUT2D eigenvalue weighted by Gasteiger charge is 2.25. The number of benzene rings is 1. The summed E-state index contributed by atoms with van der Waals surface area (Å²) in [6, 6.07) is 8.58. The largest absolute Gasteiger partial charge is 0.490 e. The van der Waals surface area contributed by atoms with E-state index in [0.717, 1.165) is 18.7 Å². The average Bonchev–Trinajstić information content (AvgIpc) is 2.91. The number of hydrogen-bond acceptors (Lipinski definition) is 3. The van der Waals surface area contributed by atoms with E-state index in [-0.39, 0.29) is 0 Å². The molecular formula is C16H23NO2. The molecule has 2 rings (SSSR count). The first-order valence-electron chi connectivity index (χ1n) is 7.00. The van der Waals surface area contributed by atoms with Crippen LogP contribution in [0, 0.1) is 5.92 Å². The fourth-order valence-corrected chi connectivity index (χ4v) is 2.63. The second-order valence-electron chi connectivity index (χ2n) is 5.10. The zero-order valence-corrected chi connectivity index (χ0v) is 11.3. The van der Waals surface area contributed by atoms with Crippen LogP contribution in [0.4, 0.5) is 0 Å². The van der Waals surface area contributed by atoms with E-state index in [2.05, 4.69) is 24.0 Å². The number of nitrogens with one attached hydrogen (secondary N) is 1. The van der Waals surface area contributed by atoms with Gasteiger partial charge in [-0.25, -0.2) is 0 Å². The third kappa shape index (κ3) is 4.08. The minimum absolute atomic E-state index is 0.298. The first-order valence-corrected chi connectivity index (χ1v) is 7.00. The van der Waals surface area contributed by atoms with Gasteiger partial charge < -0.3 is 15.2 Å². The number of aliphatic hydroxyl groups excluding tert-OH is 1. The number of aliphatic hydroxyl groups is 1. The summed E-state index contributed by atoms with van der Waals surface area (Å²) in [6.45, 7) is 5.31. The summed E-state index contributed by atoms with van der Waals surface area (Å²) >= 11 is 0. The molecule has 0 radical (unpaired) electrons. The van der Waals surface area contributed by atoms with Crippen molar-refractivity contribution in [3.05, 3.63) is 42.5 Å². The maximum Gasteiger partial charge on any atom is 0.119 e. The molecule has 3 nitrogen and oxygen atoms in total. The third-order valence-electron chi connectivity index (χ3n) is 3.75. The van der Waals surface area contributed by atoms with Crippen LogP contribution in [0.1, 0.15) is 24.8 Å². The summed E-state index contributed by atoms with van der Waals surface area (Å²) in [5, 5.41) is 12.8. The molecule has 1 aliphatic carbocycles. The molecule has 2 N–H and O–H groups in total. The van der Waals surface area contributed by atoms with Gasteiger partial charge in [-0.15, -0.1) is 0 Å². The van der Waals surface area contributed by atoms with Crippen molar-refractivity contribution in [2.24, 2.45) is 5.92 Å². The van der Waals surface area contributed by atoms with Crippen LogP contribution in [-0.2, 0) is 6.54 Å². The predicted octanol–water partition coefficient (Wildman–Crippen LogP) is 2.50. The van der Waals surface area contributed by atoms with Crippen LogP contribution in [0.2, 0.25) is 0 Å². The Morgan fingerprint density at radius 1 is 1.32 bits per heavy atom. The van der Waals surface area contributed by atoms with Crippen molar-refractivity contribution in [3.63, 3.8) is 0 Å². The molecule has 1 saturated carbocycles. The Kier molecular flexibility index (Phi) is 5.43. The smallest absolute Gasteiger partial charge is 0.119 e. The van der Waals surface area contributed by atoms with Crippen LogP contribution in [-0.4, -0.2) is 24.4 Å². The van der Waals surface area contributed by atoms with Crippen LogP contribution >= 0.6 is 0 Å². The lowest BCUT2D eigenvalue weighted by molar-refractivity contribution is 0.205. The van der Waals surface area contributed by atoms with Gasteiger partial charge in [0.15, 0.2) is 0 Å². The molecule has 104 valence electrons. The number of rotatable bonds is 7. The summed E-state index contributed by atoms with van der Waals surface area (Å²) < 4.78 is 5.45. The first kappa shape index (κ1) is 14.1. The van der Waals surface area contributed by atoms with Gasteiger partial charge in [0.05, 0.1) is 0 Å². The van der Waals surface area contributed by atoms with Gasteiger partial charge in [0, 0.05) is 19.2 Å². The topological polar surface area (TPSA) is 41.5 Å². The molecule has 1 aromatic rings. The van der Waals surface area contributed by atoms with E-state index in [4.69, 9.17) is 4.74 Å². The number of ether oxygens (including phenoxy) is 1. The van der Waals surface area contributed by atoms with Crippen molar-refractivity contribution in [3.8, 4) is 5.75 Å². The Morgan fingerprint density at radius 3 is 2.79 bits per heavy atom. The molecule has 0 amide bonds. The standard InChI is InChI=1S/C16H23NO2/c1-2-10-19-15-8-6-13(7-9-15)11-17-16-5-3-4-14(16)12-18/h2,6-9,14,16-18H,1,3-5,10-12H2. The lowest BCUT2D eigenvalue weighted by atomic mass is 10.0. The second kappa shape index (κ2) is 7.31. The summed E-state index contributed by atoms with van der Waals surface area (Å²) in [6.07, 6.45) is 5.27. The zero-order chi connectivity index (χ0) is 13.5. The quantitative estimate of drug-likeness (QED) is 0.741. The molecule has 0 aromatic heterocycles. The Labute approximate surface area is 115 Å². The van der Waals surface area contributed by atoms with Gasteiger partial charge in [0.2, 0.25) is 0 Å². The fourth-order valence-electron chi connectivity index (χ4n) is 2.63. The van der Waals surface area contributed by atoms with Gasteiger partial charge in [0.25, 0.3) is 0 Å². The lowest BCUT2D eigenvalue weighted by Crippen LogP contribution is -2.33. The van der Waals surface area contributed by atoms with E-state index in [1.807, 2.05) is 12.1 Å². The summed E-state index contributed by atoms with van der Waals surface area (Å²) in [5.74, 6) is 1.30. The van der Waals surface area contributed by atoms with Crippen LogP contribution in [0.25, 0.3) is 0 Å². The minimum Gasteiger partial charge on any atom is -0.490 e. The minimum atomic E-state index is 0.298. The van der Waals surface area contributed by atoms with E-state index >= 15 is 0 Å². The fraction of sp³-hybridized carbons (Fsp3) is 0.500. The monoisotopic (exact) mass is 261 g/mol. The van der Waals surface area contributed by atoms with Crippen molar-refractivity contribution in [1.82, 2.24) is 5.32 Å². The molecule has 2 unspecified atom stereocenters. The van der Waals surface area contributed by atoms with E-state index < -0.39 is 0 Å². The third-order valence-corrected chi connectivity index (χ3v) is 3.75. The highest BCUT2D eigenvalue weighted by atomic mass is 16.5. The number of hydrogen-bond donors (Lipinski definition) is 2. The molecule has 3 heteroatoms. The van der Waals surface area contributed by atoms with Crippen molar-refractivity contribution in [2.75, 3.05) is 13.2 Å². The van der Waals surface area contributed by atoms with E-state index in [1.54, 1.807) is 6.08 Å². The maximum absolute atomic E-state index is 9.29. The Balaban J connectivity index is 1.81. The molecular weight excluding hydrogens is 238 g/mol. The molecule has 0 heterocycles. The van der Waals surface area contributed by atoms with Crippen molar-refractivity contribution >= 4 is 0 Å². The van der Waals surface area contributed by atoms with Gasteiger partial charge in [-0.3, -0.25) is 0 Å². The van der Waals surface area contributed by atoms with Gasteiger partial charge in [-0.1, -0.05) is 31.2 Å². The predicted molar refractivity (Wildman–Crippen MR) is 77.2 cm³/mol. The van der Waals surface area contributed by atoms with Gasteiger partial charge in [-0.05, 0) is 36.5 Å². The molecule has 1 aliphatic rings. The molecule has 0 bridgehead atoms. The summed E-state index contributed by atoms with van der Waals surface area (Å²) in [5.41, 5.74) is 1.24. The highest BCUT2D eigenvalue weighted by Crippen LogP contribution is 2.25. The second-order valence-corrected chi connectivity index (χ2v) is 5.10. The first-order chi connectivity index (χ1) is 9.33. The highest BCUT2D eigenvalue weighted by molar-refractivity contribution is 5.27. The van der Waals surface area contributed by atoms with Gasteiger partial charge in [-0.2, -0.15) is 0 Å². The Morgan fingerprint density at radius 2 is 2.11 bits per heavy atom. The van der Waals surface area contributed by atoms with Crippen LogP contribution in [0.5, 0.6) is 5.75 Å². The van der Waals surface area contributed by atoms with Crippen LogP contribution < -0.4 is 10.1 Å². The molecule has 0 aliphatic heterocycles. The van der Waals surface area contributed by atoms with Crippen molar-refractivity contribution in [1.29, 1.82) is 0 Å². The summed E-state index contributed by atoms with van der Waals surface area (Å²) in [4.78, 5) is 0. The normalized spacial score (nSPS) is 22.4. The van der Waals surface area contributed by atoms with Crippen LogP contribution in [0.3, 0.4) is 0 Å². The average molecular weight is 261 g/mol. The van der Waals surface area contributed by atoms with E-state index in [9.17, 15) is 5.11 Å². The van der Waals surface area contributed by atoms with Crippen molar-refractivity contribution < 1.29 is 9.84 Å². The lowest BCUT2D eigenvalue weighted by Gasteiger charge is -2.19. The zero-order valence-electron chi connectivity index (χ0n) is 11.3. The summed E-state index contributed by atoms with van der Waals surface area (Å²) in [7, 11) is 0. The molecule has 0 spiro atoms. The van der Waals surface area contributed by atoms with E-state index in [0.29, 0.717) is 25.2 Å². The maximum atomic E-state index is 9.29. The van der Waals surface area contributed by atoms with Crippen molar-refractivity contribution in [2.45, 2.75) is 31.8 Å². The SMILES string of the molecule is C=CCOc1ccc(CNC2CCCC2CO)cc1. The Hall–Kier alpha value is -1.32. The molecule has 2 atom stereocenters. The van der Waals surface area contributed by atoms with E-state index in [1.165, 1.54) is 18.4 Å². The molecule has 1 fully saturated rings. The van der Waals surface area contributed by atoms with Gasteiger partial charge in [0.1, 0.15) is 12.4 Å². The Bertz CT molecular complexity index is 388. The molecule has 0 saturated heterocycles.